The highest BCUT2D eigenvalue weighted by molar-refractivity contribution is 7.91. The Kier molecular flexibility index (Phi) is 4.77. The van der Waals surface area contributed by atoms with E-state index in [1.54, 1.807) is 10.9 Å². The summed E-state index contributed by atoms with van der Waals surface area (Å²) in [7, 11) is -2.87. The summed E-state index contributed by atoms with van der Waals surface area (Å²) < 4.78 is 25.1. The Morgan fingerprint density at radius 2 is 1.81 bits per heavy atom. The third-order valence-corrected chi connectivity index (χ3v) is 7.17. The summed E-state index contributed by atoms with van der Waals surface area (Å²) in [5, 5.41) is 4.28. The van der Waals surface area contributed by atoms with E-state index in [0.717, 1.165) is 24.3 Å². The largest absolute Gasteiger partial charge is 0.336 e. The van der Waals surface area contributed by atoms with Gasteiger partial charge in [-0.2, -0.15) is 5.10 Å². The van der Waals surface area contributed by atoms with Gasteiger partial charge in [0, 0.05) is 44.0 Å². The number of rotatable bonds is 3. The summed E-state index contributed by atoms with van der Waals surface area (Å²) in [6.45, 7) is 4.72. The Morgan fingerprint density at radius 1 is 1.11 bits per heavy atom. The molecule has 0 saturated carbocycles. The molecule has 7 nitrogen and oxygen atoms in total. The zero-order valence-corrected chi connectivity index (χ0v) is 16.2. The maximum Gasteiger partial charge on any atom is 0.253 e. The lowest BCUT2D eigenvalue weighted by Crippen LogP contribution is -2.52. The number of aryl methyl sites for hydroxylation is 1. The van der Waals surface area contributed by atoms with Gasteiger partial charge in [-0.1, -0.05) is 0 Å². The van der Waals surface area contributed by atoms with Gasteiger partial charge in [0.2, 0.25) is 0 Å². The van der Waals surface area contributed by atoms with Gasteiger partial charge in [-0.25, -0.2) is 13.1 Å². The molecule has 2 aromatic rings. The van der Waals surface area contributed by atoms with E-state index >= 15 is 0 Å². The average molecular weight is 388 g/mol. The Morgan fingerprint density at radius 3 is 2.37 bits per heavy atom. The van der Waals surface area contributed by atoms with Crippen LogP contribution in [-0.4, -0.2) is 77.6 Å². The summed E-state index contributed by atoms with van der Waals surface area (Å²) in [5.41, 5.74) is 2.68. The Balaban J connectivity index is 1.36. The first-order chi connectivity index (χ1) is 12.9. The van der Waals surface area contributed by atoms with E-state index in [2.05, 4.69) is 10.00 Å². The highest BCUT2D eigenvalue weighted by Gasteiger charge is 2.34. The van der Waals surface area contributed by atoms with Crippen molar-refractivity contribution in [3.05, 3.63) is 47.8 Å². The molecule has 4 rings (SSSR count). The van der Waals surface area contributed by atoms with Crippen molar-refractivity contribution in [1.29, 1.82) is 0 Å². The zero-order chi connectivity index (χ0) is 19.0. The van der Waals surface area contributed by atoms with E-state index in [4.69, 9.17) is 0 Å². The fraction of sp³-hybridized carbons (Fsp3) is 0.474. The molecule has 144 valence electrons. The summed E-state index contributed by atoms with van der Waals surface area (Å²) in [4.78, 5) is 16.8. The number of sulfone groups is 1. The van der Waals surface area contributed by atoms with Crippen molar-refractivity contribution in [2.75, 3.05) is 37.7 Å². The van der Waals surface area contributed by atoms with Crippen molar-refractivity contribution in [3.8, 4) is 5.69 Å². The van der Waals surface area contributed by atoms with Crippen LogP contribution in [0, 0.1) is 6.92 Å². The van der Waals surface area contributed by atoms with E-state index in [1.165, 1.54) is 0 Å². The number of amides is 1. The lowest BCUT2D eigenvalue weighted by molar-refractivity contribution is 0.0588. The lowest BCUT2D eigenvalue weighted by atomic mass is 10.1. The number of aromatic nitrogens is 2. The van der Waals surface area contributed by atoms with E-state index in [0.29, 0.717) is 30.8 Å². The number of hydrogen-bond acceptors (Lipinski definition) is 5. The molecule has 2 aliphatic heterocycles. The molecule has 1 unspecified atom stereocenters. The van der Waals surface area contributed by atoms with Crippen molar-refractivity contribution in [2.45, 2.75) is 19.4 Å². The second-order valence-corrected chi connectivity index (χ2v) is 9.62. The number of carbonyl (C=O) groups is 1. The number of carbonyl (C=O) groups excluding carboxylic acids is 1. The van der Waals surface area contributed by atoms with Crippen LogP contribution in [0.3, 0.4) is 0 Å². The minimum atomic E-state index is -2.87. The quantitative estimate of drug-likeness (QED) is 0.788. The van der Waals surface area contributed by atoms with Crippen LogP contribution in [0.15, 0.2) is 36.7 Å². The molecule has 2 saturated heterocycles. The smallest absolute Gasteiger partial charge is 0.253 e. The van der Waals surface area contributed by atoms with Crippen LogP contribution in [0.2, 0.25) is 0 Å². The highest BCUT2D eigenvalue weighted by atomic mass is 32.2. The topological polar surface area (TPSA) is 75.5 Å². The van der Waals surface area contributed by atoms with Gasteiger partial charge in [0.05, 0.1) is 23.4 Å². The molecule has 27 heavy (non-hydrogen) atoms. The van der Waals surface area contributed by atoms with Gasteiger partial charge < -0.3 is 4.90 Å². The minimum Gasteiger partial charge on any atom is -0.336 e. The summed E-state index contributed by atoms with van der Waals surface area (Å²) in [6, 6.07) is 7.59. The number of nitrogens with zero attached hydrogens (tertiary/aromatic N) is 4. The third-order valence-electron chi connectivity index (χ3n) is 5.42. The molecule has 3 heterocycles. The second kappa shape index (κ2) is 7.09. The van der Waals surface area contributed by atoms with Crippen molar-refractivity contribution >= 4 is 15.7 Å². The van der Waals surface area contributed by atoms with Gasteiger partial charge in [-0.3, -0.25) is 9.69 Å². The van der Waals surface area contributed by atoms with Gasteiger partial charge in [0.25, 0.3) is 5.91 Å². The maximum atomic E-state index is 12.8. The van der Waals surface area contributed by atoms with E-state index < -0.39 is 9.84 Å². The fourth-order valence-corrected chi connectivity index (χ4v) is 5.61. The monoisotopic (exact) mass is 388 g/mol. The second-order valence-electron chi connectivity index (χ2n) is 7.39. The van der Waals surface area contributed by atoms with E-state index in [-0.39, 0.29) is 17.7 Å². The molecule has 0 bridgehead atoms. The molecule has 0 radical (unpaired) electrons. The van der Waals surface area contributed by atoms with Crippen LogP contribution in [0.5, 0.6) is 0 Å². The Hall–Kier alpha value is -2.19. The zero-order valence-electron chi connectivity index (χ0n) is 15.4. The number of hydrogen-bond donors (Lipinski definition) is 0. The van der Waals surface area contributed by atoms with Crippen molar-refractivity contribution in [3.63, 3.8) is 0 Å². The van der Waals surface area contributed by atoms with Gasteiger partial charge in [0.15, 0.2) is 9.84 Å². The van der Waals surface area contributed by atoms with Crippen LogP contribution in [0.4, 0.5) is 0 Å². The standard InChI is InChI=1S/C19H24N4O3S/c1-15-12-20-23(13-15)17-4-2-16(3-5-17)19(24)22-9-7-21(8-10-22)18-6-11-27(25,26)14-18/h2-5,12-13,18H,6-11,14H2,1H3. The molecular formula is C19H24N4O3S. The molecule has 0 aliphatic carbocycles. The van der Waals surface area contributed by atoms with E-state index in [1.807, 2.05) is 42.3 Å². The van der Waals surface area contributed by atoms with Crippen molar-refractivity contribution < 1.29 is 13.2 Å². The van der Waals surface area contributed by atoms with Gasteiger partial charge in [-0.15, -0.1) is 0 Å². The minimum absolute atomic E-state index is 0.0249. The first-order valence-electron chi connectivity index (χ1n) is 9.27. The fourth-order valence-electron chi connectivity index (χ4n) is 3.85. The van der Waals surface area contributed by atoms with Crippen LogP contribution in [0.25, 0.3) is 5.69 Å². The lowest BCUT2D eigenvalue weighted by Gasteiger charge is -2.37. The van der Waals surface area contributed by atoms with Gasteiger partial charge >= 0.3 is 0 Å². The molecular weight excluding hydrogens is 364 g/mol. The summed E-state index contributed by atoms with van der Waals surface area (Å²) >= 11 is 0. The maximum absolute atomic E-state index is 12.8. The van der Waals surface area contributed by atoms with Crippen LogP contribution in [0.1, 0.15) is 22.3 Å². The molecule has 2 fully saturated rings. The normalized spacial score (nSPS) is 22.9. The molecule has 2 aliphatic rings. The molecule has 0 N–H and O–H groups in total. The van der Waals surface area contributed by atoms with Crippen molar-refractivity contribution in [1.82, 2.24) is 19.6 Å². The van der Waals surface area contributed by atoms with Crippen LogP contribution < -0.4 is 0 Å². The first-order valence-corrected chi connectivity index (χ1v) is 11.1. The molecule has 1 aromatic carbocycles. The summed E-state index contributed by atoms with van der Waals surface area (Å²) in [6.07, 6.45) is 4.46. The van der Waals surface area contributed by atoms with E-state index in [9.17, 15) is 13.2 Å². The van der Waals surface area contributed by atoms with Crippen molar-refractivity contribution in [2.24, 2.45) is 0 Å². The molecule has 1 atom stereocenters. The Labute approximate surface area is 159 Å². The van der Waals surface area contributed by atoms with Gasteiger partial charge in [-0.05, 0) is 43.2 Å². The Bertz CT molecular complexity index is 928. The molecule has 1 amide bonds. The van der Waals surface area contributed by atoms with Crippen LogP contribution >= 0.6 is 0 Å². The molecule has 1 aromatic heterocycles. The first kappa shape index (κ1) is 18.2. The number of piperazine rings is 1. The predicted octanol–water partition coefficient (Wildman–Crippen LogP) is 1.13. The SMILES string of the molecule is Cc1cnn(-c2ccc(C(=O)N3CCN(C4CCS(=O)(=O)C4)CC3)cc2)c1. The highest BCUT2D eigenvalue weighted by Crippen LogP contribution is 2.20. The van der Waals surface area contributed by atoms with Crippen LogP contribution in [-0.2, 0) is 9.84 Å². The third kappa shape index (κ3) is 3.91. The van der Waals surface area contributed by atoms with Gasteiger partial charge in [0.1, 0.15) is 0 Å². The predicted molar refractivity (Wildman–Crippen MR) is 103 cm³/mol. The molecule has 8 heteroatoms. The number of benzene rings is 1. The molecule has 0 spiro atoms. The average Bonchev–Trinajstić information content (AvgIpc) is 3.27. The summed E-state index contributed by atoms with van der Waals surface area (Å²) in [5.74, 6) is 0.575.